The third-order valence-electron chi connectivity index (χ3n) is 3.16. The molecule has 108 valence electrons. The van der Waals surface area contributed by atoms with Crippen LogP contribution in [-0.4, -0.2) is 9.55 Å². The number of fused-ring (bicyclic) bond motifs is 1. The van der Waals surface area contributed by atoms with Crippen molar-refractivity contribution in [2.24, 2.45) is 0 Å². The van der Waals surface area contributed by atoms with Crippen molar-refractivity contribution in [2.45, 2.75) is 6.54 Å². The summed E-state index contributed by atoms with van der Waals surface area (Å²) in [6, 6.07) is 5.61. The van der Waals surface area contributed by atoms with Crippen LogP contribution in [0.5, 0.6) is 0 Å². The summed E-state index contributed by atoms with van der Waals surface area (Å²) >= 11 is 5.68. The summed E-state index contributed by atoms with van der Waals surface area (Å²) in [6.45, 7) is -0.0625. The molecule has 0 saturated carbocycles. The molecule has 0 unspecified atom stereocenters. The van der Waals surface area contributed by atoms with Crippen molar-refractivity contribution in [1.29, 1.82) is 0 Å². The summed E-state index contributed by atoms with van der Waals surface area (Å²) in [7, 11) is 0. The number of halogens is 4. The standard InChI is InChI=1S/C14H9ClF3N3/c15-9-4-12-13(5-11(9)18)21(14(19)20-12)6-7-3-8(16)1-2-10(7)17/h1-5H,6H2,(H2,19,20). The first-order valence-electron chi connectivity index (χ1n) is 6.00. The normalized spacial score (nSPS) is 11.2. The van der Waals surface area contributed by atoms with Crippen molar-refractivity contribution >= 4 is 28.6 Å². The molecule has 21 heavy (non-hydrogen) atoms. The lowest BCUT2D eigenvalue weighted by Gasteiger charge is -2.08. The molecule has 7 heteroatoms. The van der Waals surface area contributed by atoms with Crippen LogP contribution in [0.3, 0.4) is 0 Å². The lowest BCUT2D eigenvalue weighted by molar-refractivity contribution is 0.579. The predicted molar refractivity (Wildman–Crippen MR) is 74.6 cm³/mol. The van der Waals surface area contributed by atoms with E-state index in [9.17, 15) is 13.2 Å². The number of rotatable bonds is 2. The van der Waals surface area contributed by atoms with E-state index in [4.69, 9.17) is 17.3 Å². The van der Waals surface area contributed by atoms with Crippen LogP contribution >= 0.6 is 11.6 Å². The maximum Gasteiger partial charge on any atom is 0.201 e. The van der Waals surface area contributed by atoms with Crippen LogP contribution in [0.25, 0.3) is 11.0 Å². The van der Waals surface area contributed by atoms with E-state index < -0.39 is 17.5 Å². The Hall–Kier alpha value is -2.21. The number of aromatic nitrogens is 2. The summed E-state index contributed by atoms with van der Waals surface area (Å²) in [6.07, 6.45) is 0. The van der Waals surface area contributed by atoms with Gasteiger partial charge in [-0.05, 0) is 24.3 Å². The summed E-state index contributed by atoms with van der Waals surface area (Å²) in [5.74, 6) is -1.71. The third-order valence-corrected chi connectivity index (χ3v) is 3.45. The first-order valence-corrected chi connectivity index (χ1v) is 6.38. The van der Waals surface area contributed by atoms with E-state index in [2.05, 4.69) is 4.98 Å². The second-order valence-electron chi connectivity index (χ2n) is 4.55. The highest BCUT2D eigenvalue weighted by atomic mass is 35.5. The molecule has 0 spiro atoms. The molecule has 0 amide bonds. The van der Waals surface area contributed by atoms with E-state index in [1.54, 1.807) is 0 Å². The molecule has 1 heterocycles. The van der Waals surface area contributed by atoms with Gasteiger partial charge in [0.2, 0.25) is 5.95 Å². The summed E-state index contributed by atoms with van der Waals surface area (Å²) in [5.41, 5.74) is 6.60. The van der Waals surface area contributed by atoms with Crippen LogP contribution in [0, 0.1) is 17.5 Å². The number of hydrogen-bond acceptors (Lipinski definition) is 2. The van der Waals surface area contributed by atoms with Crippen molar-refractivity contribution in [3.05, 3.63) is 58.4 Å². The fourth-order valence-electron chi connectivity index (χ4n) is 2.14. The smallest absolute Gasteiger partial charge is 0.201 e. The minimum absolute atomic E-state index is 0.0625. The van der Waals surface area contributed by atoms with Gasteiger partial charge in [0, 0.05) is 11.6 Å². The topological polar surface area (TPSA) is 43.8 Å². The van der Waals surface area contributed by atoms with Gasteiger partial charge in [-0.15, -0.1) is 0 Å². The second-order valence-corrected chi connectivity index (χ2v) is 4.95. The van der Waals surface area contributed by atoms with Crippen molar-refractivity contribution in [2.75, 3.05) is 5.73 Å². The summed E-state index contributed by atoms with van der Waals surface area (Å²) in [5, 5.41) is -0.0795. The van der Waals surface area contributed by atoms with Gasteiger partial charge in [-0.3, -0.25) is 0 Å². The first-order chi connectivity index (χ1) is 9.95. The number of hydrogen-bond donors (Lipinski definition) is 1. The minimum Gasteiger partial charge on any atom is -0.369 e. The van der Waals surface area contributed by atoms with Gasteiger partial charge in [-0.25, -0.2) is 18.2 Å². The van der Waals surface area contributed by atoms with Gasteiger partial charge >= 0.3 is 0 Å². The highest BCUT2D eigenvalue weighted by molar-refractivity contribution is 6.31. The second kappa shape index (κ2) is 4.96. The van der Waals surface area contributed by atoms with Crippen LogP contribution in [0.4, 0.5) is 19.1 Å². The number of nitrogen functional groups attached to an aromatic ring is 1. The Balaban J connectivity index is 2.14. The van der Waals surface area contributed by atoms with E-state index >= 15 is 0 Å². The quantitative estimate of drug-likeness (QED) is 0.783. The van der Waals surface area contributed by atoms with Crippen LogP contribution in [0.15, 0.2) is 30.3 Å². The monoisotopic (exact) mass is 311 g/mol. The summed E-state index contributed by atoms with van der Waals surface area (Å²) in [4.78, 5) is 4.04. The van der Waals surface area contributed by atoms with Crippen LogP contribution < -0.4 is 5.73 Å². The van der Waals surface area contributed by atoms with Crippen molar-refractivity contribution in [3.63, 3.8) is 0 Å². The Labute approximate surface area is 122 Å². The van der Waals surface area contributed by atoms with E-state index in [1.807, 2.05) is 0 Å². The largest absolute Gasteiger partial charge is 0.369 e. The van der Waals surface area contributed by atoms with Crippen molar-refractivity contribution < 1.29 is 13.2 Å². The Kier molecular flexibility index (Phi) is 3.25. The molecule has 0 aliphatic heterocycles. The van der Waals surface area contributed by atoms with Gasteiger partial charge < -0.3 is 10.3 Å². The zero-order valence-corrected chi connectivity index (χ0v) is 11.3. The molecule has 2 N–H and O–H groups in total. The average Bonchev–Trinajstić information content (AvgIpc) is 2.71. The van der Waals surface area contributed by atoms with E-state index in [-0.39, 0.29) is 23.1 Å². The minimum atomic E-state index is -0.634. The van der Waals surface area contributed by atoms with Crippen molar-refractivity contribution in [1.82, 2.24) is 9.55 Å². The molecule has 3 nitrogen and oxygen atoms in total. The number of anilines is 1. The van der Waals surface area contributed by atoms with Gasteiger partial charge in [-0.2, -0.15) is 0 Å². The number of nitrogens with zero attached hydrogens (tertiary/aromatic N) is 2. The molecule has 0 aliphatic carbocycles. The van der Waals surface area contributed by atoms with Crippen molar-refractivity contribution in [3.8, 4) is 0 Å². The molecule has 0 bridgehead atoms. The number of imidazole rings is 1. The molecule has 0 aliphatic rings. The molecule has 0 saturated heterocycles. The molecule has 0 atom stereocenters. The molecule has 1 aromatic heterocycles. The Morgan fingerprint density at radius 1 is 1.10 bits per heavy atom. The molecular formula is C14H9ClF3N3. The Bertz CT molecular complexity index is 845. The maximum absolute atomic E-state index is 13.7. The van der Waals surface area contributed by atoms with Gasteiger partial charge in [0.25, 0.3) is 0 Å². The Morgan fingerprint density at radius 3 is 2.62 bits per heavy atom. The molecule has 3 aromatic rings. The highest BCUT2D eigenvalue weighted by Gasteiger charge is 2.14. The first kappa shape index (κ1) is 13.8. The summed E-state index contributed by atoms with van der Waals surface area (Å²) < 4.78 is 41.9. The van der Waals surface area contributed by atoms with Crippen LogP contribution in [-0.2, 0) is 6.54 Å². The molecule has 0 radical (unpaired) electrons. The van der Waals surface area contributed by atoms with Gasteiger partial charge in [-0.1, -0.05) is 11.6 Å². The fourth-order valence-corrected chi connectivity index (χ4v) is 2.30. The van der Waals surface area contributed by atoms with E-state index in [0.717, 1.165) is 24.3 Å². The van der Waals surface area contributed by atoms with E-state index in [0.29, 0.717) is 11.0 Å². The molecular weight excluding hydrogens is 303 g/mol. The molecule has 0 fully saturated rings. The lowest BCUT2D eigenvalue weighted by atomic mass is 10.2. The van der Waals surface area contributed by atoms with Gasteiger partial charge in [0.05, 0.1) is 22.6 Å². The fraction of sp³-hybridized carbons (Fsp3) is 0.0714. The third kappa shape index (κ3) is 2.42. The van der Waals surface area contributed by atoms with Gasteiger partial charge in [0.1, 0.15) is 17.5 Å². The average molecular weight is 312 g/mol. The Morgan fingerprint density at radius 2 is 1.86 bits per heavy atom. The molecule has 3 rings (SSSR count). The van der Waals surface area contributed by atoms with Gasteiger partial charge in [0.15, 0.2) is 0 Å². The lowest BCUT2D eigenvalue weighted by Crippen LogP contribution is -2.06. The highest BCUT2D eigenvalue weighted by Crippen LogP contribution is 2.26. The predicted octanol–water partition coefficient (Wildman–Crippen LogP) is 3.74. The van der Waals surface area contributed by atoms with E-state index in [1.165, 1.54) is 10.6 Å². The molecule has 2 aromatic carbocycles. The zero-order chi connectivity index (χ0) is 15.1. The van der Waals surface area contributed by atoms with Crippen LogP contribution in [0.1, 0.15) is 5.56 Å². The number of nitrogens with two attached hydrogens (primary N) is 1. The SMILES string of the molecule is Nc1nc2cc(Cl)c(F)cc2n1Cc1cc(F)ccc1F. The number of benzene rings is 2. The maximum atomic E-state index is 13.7. The zero-order valence-electron chi connectivity index (χ0n) is 10.6. The van der Waals surface area contributed by atoms with Crippen LogP contribution in [0.2, 0.25) is 5.02 Å².